The van der Waals surface area contributed by atoms with Crippen LogP contribution >= 0.6 is 0 Å². The summed E-state index contributed by atoms with van der Waals surface area (Å²) in [5, 5.41) is 9.33. The molecule has 1 rings (SSSR count). The Morgan fingerprint density at radius 1 is 1.21 bits per heavy atom. The molecule has 3 unspecified atom stereocenters. The van der Waals surface area contributed by atoms with Gasteiger partial charge < -0.3 is 5.11 Å². The molecule has 1 aromatic carbocycles. The molecule has 0 heterocycles. The van der Waals surface area contributed by atoms with Crippen LogP contribution in [0.1, 0.15) is 45.1 Å². The van der Waals surface area contributed by atoms with Gasteiger partial charge in [-0.1, -0.05) is 44.2 Å². The number of aliphatic carboxylic acids is 1. The van der Waals surface area contributed by atoms with E-state index < -0.39 is 17.8 Å². The quantitative estimate of drug-likeness (QED) is 0.818. The lowest BCUT2D eigenvalue weighted by atomic mass is 9.80. The molecule has 0 aliphatic rings. The SMILES string of the molecule is CCC(CC(C(=O)O)C(C)C(C)=O)c1ccccc1. The van der Waals surface area contributed by atoms with Gasteiger partial charge in [-0.05, 0) is 31.2 Å². The van der Waals surface area contributed by atoms with Crippen LogP contribution in [0, 0.1) is 11.8 Å². The Labute approximate surface area is 114 Å². The molecule has 0 aliphatic carbocycles. The van der Waals surface area contributed by atoms with Gasteiger partial charge in [0.15, 0.2) is 0 Å². The average Bonchev–Trinajstić information content (AvgIpc) is 2.39. The number of Topliss-reactive ketones (excluding diaryl/α,β-unsaturated/α-hetero) is 1. The van der Waals surface area contributed by atoms with Gasteiger partial charge >= 0.3 is 5.97 Å². The summed E-state index contributed by atoms with van der Waals surface area (Å²) in [6.07, 6.45) is 1.38. The minimum Gasteiger partial charge on any atom is -0.481 e. The third-order valence-electron chi connectivity index (χ3n) is 3.86. The number of rotatable bonds is 7. The molecular formula is C16H22O3. The van der Waals surface area contributed by atoms with Gasteiger partial charge in [0.25, 0.3) is 0 Å². The molecule has 19 heavy (non-hydrogen) atoms. The zero-order valence-electron chi connectivity index (χ0n) is 11.8. The summed E-state index contributed by atoms with van der Waals surface area (Å²) in [5.74, 6) is -1.80. The summed E-state index contributed by atoms with van der Waals surface area (Å²) in [6, 6.07) is 9.91. The van der Waals surface area contributed by atoms with Crippen molar-refractivity contribution >= 4 is 11.8 Å². The molecule has 0 amide bonds. The zero-order valence-corrected chi connectivity index (χ0v) is 11.8. The Kier molecular flexibility index (Phi) is 5.74. The van der Waals surface area contributed by atoms with Gasteiger partial charge in [-0.15, -0.1) is 0 Å². The second-order valence-electron chi connectivity index (χ2n) is 5.10. The van der Waals surface area contributed by atoms with Crippen molar-refractivity contribution in [3.63, 3.8) is 0 Å². The fourth-order valence-electron chi connectivity index (χ4n) is 2.37. The number of benzene rings is 1. The largest absolute Gasteiger partial charge is 0.481 e. The Morgan fingerprint density at radius 2 is 1.79 bits per heavy atom. The molecule has 3 nitrogen and oxygen atoms in total. The molecule has 3 heteroatoms. The van der Waals surface area contributed by atoms with Crippen molar-refractivity contribution in [3.8, 4) is 0 Å². The normalized spacial score (nSPS) is 15.5. The molecule has 0 aromatic heterocycles. The minimum absolute atomic E-state index is 0.0599. The first-order chi connectivity index (χ1) is 8.97. The monoisotopic (exact) mass is 262 g/mol. The highest BCUT2D eigenvalue weighted by atomic mass is 16.4. The molecule has 0 fully saturated rings. The summed E-state index contributed by atoms with van der Waals surface area (Å²) in [7, 11) is 0. The Balaban J connectivity index is 2.88. The Morgan fingerprint density at radius 3 is 2.21 bits per heavy atom. The van der Waals surface area contributed by atoms with Crippen LogP contribution in [0.3, 0.4) is 0 Å². The van der Waals surface area contributed by atoms with Crippen molar-refractivity contribution in [2.45, 2.75) is 39.5 Å². The van der Waals surface area contributed by atoms with Crippen LogP contribution in [0.25, 0.3) is 0 Å². The van der Waals surface area contributed by atoms with E-state index in [0.29, 0.717) is 6.42 Å². The number of carboxylic acids is 1. The molecule has 1 aromatic rings. The van der Waals surface area contributed by atoms with Gasteiger partial charge in [0.1, 0.15) is 5.78 Å². The van der Waals surface area contributed by atoms with Crippen LogP contribution in [0.4, 0.5) is 0 Å². The Bertz CT molecular complexity index is 425. The summed E-state index contributed by atoms with van der Waals surface area (Å²) >= 11 is 0. The molecule has 0 bridgehead atoms. The molecule has 104 valence electrons. The smallest absolute Gasteiger partial charge is 0.307 e. The van der Waals surface area contributed by atoms with Gasteiger partial charge in [-0.2, -0.15) is 0 Å². The van der Waals surface area contributed by atoms with E-state index in [1.165, 1.54) is 6.92 Å². The van der Waals surface area contributed by atoms with Crippen LogP contribution in [0.2, 0.25) is 0 Å². The van der Waals surface area contributed by atoms with Crippen LogP contribution in [0.15, 0.2) is 30.3 Å². The number of carbonyl (C=O) groups is 2. The maximum Gasteiger partial charge on any atom is 0.307 e. The molecular weight excluding hydrogens is 240 g/mol. The summed E-state index contributed by atoms with van der Waals surface area (Å²) in [4.78, 5) is 22.8. The number of ketones is 1. The molecule has 0 spiro atoms. The second kappa shape index (κ2) is 7.07. The number of hydrogen-bond acceptors (Lipinski definition) is 2. The molecule has 0 saturated carbocycles. The van der Waals surface area contributed by atoms with Gasteiger partial charge in [-0.3, -0.25) is 9.59 Å². The van der Waals surface area contributed by atoms with E-state index in [-0.39, 0.29) is 11.7 Å². The molecule has 0 saturated heterocycles. The van der Waals surface area contributed by atoms with Gasteiger partial charge in [-0.25, -0.2) is 0 Å². The van der Waals surface area contributed by atoms with Gasteiger partial charge in [0, 0.05) is 5.92 Å². The van der Waals surface area contributed by atoms with Crippen LogP contribution in [-0.2, 0) is 9.59 Å². The van der Waals surface area contributed by atoms with Crippen molar-refractivity contribution in [1.29, 1.82) is 0 Å². The zero-order chi connectivity index (χ0) is 14.4. The third-order valence-corrected chi connectivity index (χ3v) is 3.86. The Hall–Kier alpha value is -1.64. The lowest BCUT2D eigenvalue weighted by Crippen LogP contribution is -2.28. The average molecular weight is 262 g/mol. The fourth-order valence-corrected chi connectivity index (χ4v) is 2.37. The predicted octanol–water partition coefficient (Wildman–Crippen LogP) is 3.50. The van der Waals surface area contributed by atoms with Crippen molar-refractivity contribution in [2.24, 2.45) is 11.8 Å². The highest BCUT2D eigenvalue weighted by molar-refractivity contribution is 5.84. The van der Waals surface area contributed by atoms with Crippen LogP contribution in [-0.4, -0.2) is 16.9 Å². The lowest BCUT2D eigenvalue weighted by Gasteiger charge is -2.23. The minimum atomic E-state index is -0.878. The first-order valence-electron chi connectivity index (χ1n) is 6.75. The van der Waals surface area contributed by atoms with Gasteiger partial charge in [0.2, 0.25) is 0 Å². The van der Waals surface area contributed by atoms with E-state index in [1.54, 1.807) is 6.92 Å². The van der Waals surface area contributed by atoms with Crippen molar-refractivity contribution in [1.82, 2.24) is 0 Å². The number of hydrogen-bond donors (Lipinski definition) is 1. The van der Waals surface area contributed by atoms with Crippen LogP contribution in [0.5, 0.6) is 0 Å². The highest BCUT2D eigenvalue weighted by Gasteiger charge is 2.30. The van der Waals surface area contributed by atoms with E-state index in [4.69, 9.17) is 0 Å². The maximum absolute atomic E-state index is 11.4. The topological polar surface area (TPSA) is 54.4 Å². The predicted molar refractivity (Wildman–Crippen MR) is 75.1 cm³/mol. The van der Waals surface area contributed by atoms with Crippen molar-refractivity contribution in [3.05, 3.63) is 35.9 Å². The lowest BCUT2D eigenvalue weighted by molar-refractivity contribution is -0.146. The van der Waals surface area contributed by atoms with E-state index >= 15 is 0 Å². The second-order valence-corrected chi connectivity index (χ2v) is 5.10. The van der Waals surface area contributed by atoms with E-state index in [2.05, 4.69) is 6.92 Å². The van der Waals surface area contributed by atoms with Gasteiger partial charge in [0.05, 0.1) is 5.92 Å². The summed E-state index contributed by atoms with van der Waals surface area (Å²) in [6.45, 7) is 5.22. The maximum atomic E-state index is 11.4. The fraction of sp³-hybridized carbons (Fsp3) is 0.500. The molecule has 1 N–H and O–H groups in total. The third kappa shape index (κ3) is 4.19. The molecule has 0 radical (unpaired) electrons. The molecule has 0 aliphatic heterocycles. The van der Waals surface area contributed by atoms with E-state index in [1.807, 2.05) is 30.3 Å². The first-order valence-corrected chi connectivity index (χ1v) is 6.75. The first kappa shape index (κ1) is 15.4. The standard InChI is InChI=1S/C16H22O3/c1-4-13(14-8-6-5-7-9-14)10-15(16(18)19)11(2)12(3)17/h5-9,11,13,15H,4,10H2,1-3H3,(H,18,19). The van der Waals surface area contributed by atoms with E-state index in [0.717, 1.165) is 12.0 Å². The number of carboxylic acid groups (broad SMARTS) is 1. The molecule has 3 atom stereocenters. The summed E-state index contributed by atoms with van der Waals surface area (Å²) in [5.41, 5.74) is 1.15. The van der Waals surface area contributed by atoms with Crippen molar-refractivity contribution < 1.29 is 14.7 Å². The van der Waals surface area contributed by atoms with E-state index in [9.17, 15) is 14.7 Å². The van der Waals surface area contributed by atoms with Crippen molar-refractivity contribution in [2.75, 3.05) is 0 Å². The highest BCUT2D eigenvalue weighted by Crippen LogP contribution is 2.30. The number of carbonyl (C=O) groups excluding carboxylic acids is 1. The summed E-state index contributed by atoms with van der Waals surface area (Å²) < 4.78 is 0. The van der Waals surface area contributed by atoms with Crippen LogP contribution < -0.4 is 0 Å².